The number of hydrogen-bond acceptors (Lipinski definition) is 4. The monoisotopic (exact) mass is 328 g/mol. The summed E-state index contributed by atoms with van der Waals surface area (Å²) in [5.74, 6) is 0.898. The number of amides is 1. The summed E-state index contributed by atoms with van der Waals surface area (Å²) in [7, 11) is 0. The molecular formula is C15H21ClN2O2S. The van der Waals surface area contributed by atoms with E-state index in [9.17, 15) is 4.79 Å². The number of ether oxygens (including phenoxy) is 1. The van der Waals surface area contributed by atoms with Crippen molar-refractivity contribution in [3.63, 3.8) is 0 Å². The number of carbonyl (C=O) groups excluding carboxylic acids is 1. The van der Waals surface area contributed by atoms with Crippen LogP contribution in [0.2, 0.25) is 5.02 Å². The third kappa shape index (κ3) is 4.36. The van der Waals surface area contributed by atoms with Gasteiger partial charge < -0.3 is 15.4 Å². The Balaban J connectivity index is 2.00. The molecule has 4 nitrogen and oxygen atoms in total. The van der Waals surface area contributed by atoms with E-state index < -0.39 is 6.04 Å². The zero-order valence-electron chi connectivity index (χ0n) is 12.1. The maximum absolute atomic E-state index is 12.4. The van der Waals surface area contributed by atoms with Gasteiger partial charge in [0.25, 0.3) is 0 Å². The molecule has 2 rings (SSSR count). The molecule has 0 unspecified atom stereocenters. The van der Waals surface area contributed by atoms with Crippen LogP contribution in [0.25, 0.3) is 0 Å². The average molecular weight is 329 g/mol. The second-order valence-corrected chi connectivity index (χ2v) is 6.45. The number of halogens is 1. The normalized spacial score (nSPS) is 20.3. The molecule has 1 amide bonds. The van der Waals surface area contributed by atoms with Gasteiger partial charge in [-0.3, -0.25) is 4.79 Å². The molecule has 0 radical (unpaired) electrons. The van der Waals surface area contributed by atoms with E-state index in [1.165, 1.54) is 0 Å². The zero-order valence-corrected chi connectivity index (χ0v) is 13.7. The molecule has 1 heterocycles. The van der Waals surface area contributed by atoms with Crippen LogP contribution in [-0.2, 0) is 9.53 Å². The minimum Gasteiger partial charge on any atom is -0.370 e. The van der Waals surface area contributed by atoms with E-state index in [1.807, 2.05) is 30.5 Å². The lowest BCUT2D eigenvalue weighted by Gasteiger charge is -2.34. The van der Waals surface area contributed by atoms with Crippen LogP contribution in [0, 0.1) is 0 Å². The van der Waals surface area contributed by atoms with Crippen LogP contribution < -0.4 is 5.73 Å². The van der Waals surface area contributed by atoms with Gasteiger partial charge in [-0.25, -0.2) is 0 Å². The SMILES string of the molecule is CSCC[C@@H](N)C(=O)N1CCO[C@@H](c2ccccc2Cl)C1. The maximum atomic E-state index is 12.4. The molecule has 2 N–H and O–H groups in total. The van der Waals surface area contributed by atoms with Crippen molar-refractivity contribution in [3.05, 3.63) is 34.9 Å². The van der Waals surface area contributed by atoms with Crippen LogP contribution in [0.3, 0.4) is 0 Å². The highest BCUT2D eigenvalue weighted by Gasteiger charge is 2.29. The molecule has 1 aromatic carbocycles. The molecule has 0 aliphatic carbocycles. The van der Waals surface area contributed by atoms with E-state index in [4.69, 9.17) is 22.1 Å². The van der Waals surface area contributed by atoms with Gasteiger partial charge in [0, 0.05) is 17.1 Å². The van der Waals surface area contributed by atoms with Gasteiger partial charge in [-0.15, -0.1) is 0 Å². The maximum Gasteiger partial charge on any atom is 0.239 e. The fourth-order valence-corrected chi connectivity index (χ4v) is 3.12. The van der Waals surface area contributed by atoms with Crippen molar-refractivity contribution < 1.29 is 9.53 Å². The predicted octanol–water partition coefficient (Wildman–Crippen LogP) is 2.32. The molecule has 1 aromatic rings. The molecule has 1 aliphatic heterocycles. The molecular weight excluding hydrogens is 308 g/mol. The molecule has 0 bridgehead atoms. The minimum atomic E-state index is -0.428. The van der Waals surface area contributed by atoms with Gasteiger partial charge in [-0.05, 0) is 24.5 Å². The first-order valence-electron chi connectivity index (χ1n) is 7.02. The van der Waals surface area contributed by atoms with Gasteiger partial charge in [0.15, 0.2) is 0 Å². The summed E-state index contributed by atoms with van der Waals surface area (Å²) in [6, 6.07) is 7.16. The van der Waals surface area contributed by atoms with Crippen molar-refractivity contribution in [2.75, 3.05) is 31.7 Å². The minimum absolute atomic E-state index is 0.00408. The summed E-state index contributed by atoms with van der Waals surface area (Å²) < 4.78 is 5.76. The highest BCUT2D eigenvalue weighted by Crippen LogP contribution is 2.28. The van der Waals surface area contributed by atoms with Crippen LogP contribution in [-0.4, -0.2) is 48.6 Å². The van der Waals surface area contributed by atoms with Gasteiger partial charge in [0.1, 0.15) is 6.10 Å². The number of carbonyl (C=O) groups is 1. The number of hydrogen-bond donors (Lipinski definition) is 1. The summed E-state index contributed by atoms with van der Waals surface area (Å²) in [5.41, 5.74) is 6.90. The van der Waals surface area contributed by atoms with E-state index in [1.54, 1.807) is 16.7 Å². The number of benzene rings is 1. The van der Waals surface area contributed by atoms with Crippen LogP contribution in [0.1, 0.15) is 18.1 Å². The molecule has 21 heavy (non-hydrogen) atoms. The first-order valence-corrected chi connectivity index (χ1v) is 8.80. The smallest absolute Gasteiger partial charge is 0.239 e. The van der Waals surface area contributed by atoms with Crippen molar-refractivity contribution in [3.8, 4) is 0 Å². The molecule has 0 aromatic heterocycles. The lowest BCUT2D eigenvalue weighted by Crippen LogP contribution is -2.49. The molecule has 1 fully saturated rings. The fraction of sp³-hybridized carbons (Fsp3) is 0.533. The zero-order chi connectivity index (χ0) is 15.2. The summed E-state index contributed by atoms with van der Waals surface area (Å²) in [5, 5.41) is 0.670. The van der Waals surface area contributed by atoms with Crippen molar-refractivity contribution in [2.45, 2.75) is 18.6 Å². The van der Waals surface area contributed by atoms with E-state index in [0.29, 0.717) is 31.1 Å². The number of nitrogens with zero attached hydrogens (tertiary/aromatic N) is 1. The van der Waals surface area contributed by atoms with Crippen molar-refractivity contribution in [1.29, 1.82) is 0 Å². The molecule has 2 atom stereocenters. The molecule has 0 saturated carbocycles. The average Bonchev–Trinajstić information content (AvgIpc) is 2.52. The molecule has 116 valence electrons. The summed E-state index contributed by atoms with van der Waals surface area (Å²) >= 11 is 7.91. The van der Waals surface area contributed by atoms with Gasteiger partial charge in [0.2, 0.25) is 5.91 Å². The number of rotatable bonds is 5. The van der Waals surface area contributed by atoms with Crippen LogP contribution in [0.15, 0.2) is 24.3 Å². The highest BCUT2D eigenvalue weighted by molar-refractivity contribution is 7.98. The Bertz CT molecular complexity index is 486. The van der Waals surface area contributed by atoms with E-state index in [0.717, 1.165) is 11.3 Å². The van der Waals surface area contributed by atoms with Gasteiger partial charge in [-0.1, -0.05) is 29.8 Å². The fourth-order valence-electron chi connectivity index (χ4n) is 2.38. The molecule has 1 saturated heterocycles. The van der Waals surface area contributed by atoms with E-state index in [2.05, 4.69) is 0 Å². The Morgan fingerprint density at radius 3 is 3.05 bits per heavy atom. The van der Waals surface area contributed by atoms with Gasteiger partial charge >= 0.3 is 0 Å². The highest BCUT2D eigenvalue weighted by atomic mass is 35.5. The van der Waals surface area contributed by atoms with Crippen LogP contribution in [0.5, 0.6) is 0 Å². The number of morpholine rings is 1. The number of nitrogens with two attached hydrogens (primary N) is 1. The lowest BCUT2D eigenvalue weighted by atomic mass is 10.1. The Kier molecular flexibility index (Phi) is 6.36. The Morgan fingerprint density at radius 1 is 1.57 bits per heavy atom. The Labute approximate surface area is 135 Å². The Hall–Kier alpha value is -0.750. The van der Waals surface area contributed by atoms with Crippen molar-refractivity contribution >= 4 is 29.3 Å². The van der Waals surface area contributed by atoms with E-state index in [-0.39, 0.29) is 12.0 Å². The van der Waals surface area contributed by atoms with Crippen LogP contribution >= 0.6 is 23.4 Å². The first-order chi connectivity index (χ1) is 10.1. The predicted molar refractivity (Wildman–Crippen MR) is 87.7 cm³/mol. The summed E-state index contributed by atoms with van der Waals surface area (Å²) in [4.78, 5) is 14.2. The standard InChI is InChI=1S/C15H21ClN2O2S/c1-21-9-6-13(17)15(19)18-7-8-20-14(10-18)11-4-2-3-5-12(11)16/h2-5,13-14H,6-10,17H2,1H3/t13-,14-/m1/s1. The molecule has 0 spiro atoms. The van der Waals surface area contributed by atoms with E-state index >= 15 is 0 Å². The second kappa shape index (κ2) is 8.03. The third-order valence-corrected chi connectivity index (χ3v) is 4.57. The van der Waals surface area contributed by atoms with Gasteiger partial charge in [-0.2, -0.15) is 11.8 Å². The molecule has 6 heteroatoms. The van der Waals surface area contributed by atoms with Crippen molar-refractivity contribution in [1.82, 2.24) is 4.90 Å². The summed E-state index contributed by atoms with van der Waals surface area (Å²) in [6.07, 6.45) is 2.54. The number of thioether (sulfide) groups is 1. The van der Waals surface area contributed by atoms with Crippen LogP contribution in [0.4, 0.5) is 0 Å². The van der Waals surface area contributed by atoms with Gasteiger partial charge in [0.05, 0.1) is 19.2 Å². The topological polar surface area (TPSA) is 55.6 Å². The lowest BCUT2D eigenvalue weighted by molar-refractivity contribution is -0.140. The summed E-state index contributed by atoms with van der Waals surface area (Å²) in [6.45, 7) is 1.61. The first kappa shape index (κ1) is 16.6. The van der Waals surface area contributed by atoms with Crippen molar-refractivity contribution in [2.24, 2.45) is 5.73 Å². The third-order valence-electron chi connectivity index (χ3n) is 3.58. The molecule has 1 aliphatic rings. The largest absolute Gasteiger partial charge is 0.370 e. The quantitative estimate of drug-likeness (QED) is 0.901. The Morgan fingerprint density at radius 2 is 2.33 bits per heavy atom. The second-order valence-electron chi connectivity index (χ2n) is 5.05.